The molecule has 1 fully saturated rings. The molecule has 0 bridgehead atoms. The average Bonchev–Trinajstić information content (AvgIpc) is 2.79. The lowest BCUT2D eigenvalue weighted by Crippen LogP contribution is -2.43. The van der Waals surface area contributed by atoms with Crippen molar-refractivity contribution < 1.29 is 13.2 Å². The van der Waals surface area contributed by atoms with Gasteiger partial charge in [0, 0.05) is 37.1 Å². The summed E-state index contributed by atoms with van der Waals surface area (Å²) in [5.74, 6) is 1.61. The Hall–Kier alpha value is -2.34. The minimum absolute atomic E-state index is 0.00531. The number of nitrogens with one attached hydrogen (secondary N) is 1. The van der Waals surface area contributed by atoms with Gasteiger partial charge < -0.3 is 5.32 Å². The molecule has 0 atom stereocenters. The highest BCUT2D eigenvalue weighted by Crippen LogP contribution is 2.24. The Balaban J connectivity index is 1.41. The number of thioether (sulfide) groups is 1. The molecule has 0 unspecified atom stereocenters. The van der Waals surface area contributed by atoms with Crippen molar-refractivity contribution >= 4 is 27.7 Å². The second kappa shape index (κ2) is 10.6. The molecular weight excluding hydrogens is 418 g/mol. The van der Waals surface area contributed by atoms with E-state index in [9.17, 15) is 13.2 Å². The number of hydrogen-bond donors (Lipinski definition) is 1. The van der Waals surface area contributed by atoms with Crippen molar-refractivity contribution in [2.24, 2.45) is 5.92 Å². The second-order valence-electron chi connectivity index (χ2n) is 7.14. The van der Waals surface area contributed by atoms with Gasteiger partial charge in [0.1, 0.15) is 0 Å². The predicted molar refractivity (Wildman–Crippen MR) is 118 cm³/mol. The van der Waals surface area contributed by atoms with Gasteiger partial charge in [0.2, 0.25) is 15.9 Å². The molecule has 0 saturated carbocycles. The van der Waals surface area contributed by atoms with E-state index in [0.717, 1.165) is 11.5 Å². The van der Waals surface area contributed by atoms with E-state index in [-0.39, 0.29) is 16.7 Å². The molecule has 0 aromatic heterocycles. The molecule has 1 aliphatic heterocycles. The fourth-order valence-electron chi connectivity index (χ4n) is 3.36. The van der Waals surface area contributed by atoms with Gasteiger partial charge in [-0.25, -0.2) is 8.42 Å². The van der Waals surface area contributed by atoms with E-state index < -0.39 is 10.0 Å². The van der Waals surface area contributed by atoms with Gasteiger partial charge in [-0.2, -0.15) is 21.3 Å². The van der Waals surface area contributed by atoms with Gasteiger partial charge in [-0.3, -0.25) is 4.79 Å². The van der Waals surface area contributed by atoms with Crippen LogP contribution >= 0.6 is 11.8 Å². The number of carbonyl (C=O) groups is 1. The summed E-state index contributed by atoms with van der Waals surface area (Å²) in [6.45, 7) is 1.26. The summed E-state index contributed by atoms with van der Waals surface area (Å²) in [4.78, 5) is 12.6. The van der Waals surface area contributed by atoms with Gasteiger partial charge in [0.05, 0.1) is 16.5 Å². The number of sulfonamides is 1. The number of piperidine rings is 1. The van der Waals surface area contributed by atoms with E-state index in [1.54, 1.807) is 11.8 Å². The lowest BCUT2D eigenvalue weighted by atomic mass is 9.97. The Kier molecular flexibility index (Phi) is 7.91. The quantitative estimate of drug-likeness (QED) is 0.634. The molecule has 1 saturated heterocycles. The number of benzene rings is 2. The Bertz CT molecular complexity index is 979. The van der Waals surface area contributed by atoms with E-state index in [1.165, 1.54) is 34.1 Å². The highest BCUT2D eigenvalue weighted by molar-refractivity contribution is 7.98. The van der Waals surface area contributed by atoms with Crippen molar-refractivity contribution in [3.05, 3.63) is 65.7 Å². The van der Waals surface area contributed by atoms with Crippen LogP contribution in [0.4, 0.5) is 0 Å². The summed E-state index contributed by atoms with van der Waals surface area (Å²) >= 11 is 1.78. The molecule has 8 heteroatoms. The third kappa shape index (κ3) is 5.85. The van der Waals surface area contributed by atoms with Crippen LogP contribution < -0.4 is 5.32 Å². The van der Waals surface area contributed by atoms with Crippen LogP contribution in [0.3, 0.4) is 0 Å². The summed E-state index contributed by atoms with van der Waals surface area (Å²) < 4.78 is 27.0. The molecule has 30 heavy (non-hydrogen) atoms. The van der Waals surface area contributed by atoms with Crippen molar-refractivity contribution in [2.75, 3.05) is 25.4 Å². The Labute approximate surface area is 182 Å². The highest BCUT2D eigenvalue weighted by Gasteiger charge is 2.31. The Morgan fingerprint density at radius 3 is 2.40 bits per heavy atom. The molecule has 6 nitrogen and oxygen atoms in total. The van der Waals surface area contributed by atoms with Crippen molar-refractivity contribution in [1.82, 2.24) is 9.62 Å². The summed E-state index contributed by atoms with van der Waals surface area (Å²) in [5, 5.41) is 11.8. The maximum absolute atomic E-state index is 12.8. The topological polar surface area (TPSA) is 90.3 Å². The van der Waals surface area contributed by atoms with E-state index >= 15 is 0 Å². The molecule has 1 aliphatic rings. The Morgan fingerprint density at radius 1 is 1.10 bits per heavy atom. The Morgan fingerprint density at radius 2 is 1.77 bits per heavy atom. The monoisotopic (exact) mass is 443 g/mol. The zero-order valence-corrected chi connectivity index (χ0v) is 18.3. The lowest BCUT2D eigenvalue weighted by Gasteiger charge is -2.30. The first-order valence-electron chi connectivity index (χ1n) is 9.90. The molecule has 0 spiro atoms. The third-order valence-corrected chi connectivity index (χ3v) is 8.05. The molecule has 2 aromatic carbocycles. The molecule has 2 aromatic rings. The fraction of sp³-hybridized carbons (Fsp3) is 0.364. The number of hydrogen-bond acceptors (Lipinski definition) is 5. The molecule has 158 valence electrons. The van der Waals surface area contributed by atoms with Crippen molar-refractivity contribution in [3.8, 4) is 6.07 Å². The van der Waals surface area contributed by atoms with Crippen LogP contribution in [0.2, 0.25) is 0 Å². The number of rotatable bonds is 8. The van der Waals surface area contributed by atoms with E-state index in [2.05, 4.69) is 17.4 Å². The number of nitriles is 1. The normalized spacial score (nSPS) is 15.4. The first kappa shape index (κ1) is 22.3. The second-order valence-corrected chi connectivity index (χ2v) is 10.2. The highest BCUT2D eigenvalue weighted by atomic mass is 32.2. The summed E-state index contributed by atoms with van der Waals surface area (Å²) in [6.07, 6.45) is 1.02. The number of amides is 1. The van der Waals surface area contributed by atoms with Gasteiger partial charge in [-0.15, -0.1) is 0 Å². The zero-order chi connectivity index (χ0) is 21.4. The zero-order valence-electron chi connectivity index (χ0n) is 16.7. The van der Waals surface area contributed by atoms with Gasteiger partial charge in [-0.1, -0.05) is 30.3 Å². The lowest BCUT2D eigenvalue weighted by molar-refractivity contribution is -0.125. The van der Waals surface area contributed by atoms with Crippen LogP contribution in [0.1, 0.15) is 24.0 Å². The van der Waals surface area contributed by atoms with Crippen LogP contribution in [0.15, 0.2) is 59.5 Å². The average molecular weight is 444 g/mol. The van der Waals surface area contributed by atoms with Gasteiger partial charge in [0.25, 0.3) is 0 Å². The maximum Gasteiger partial charge on any atom is 0.243 e. The largest absolute Gasteiger partial charge is 0.355 e. The molecule has 3 rings (SSSR count). The van der Waals surface area contributed by atoms with Crippen molar-refractivity contribution in [3.63, 3.8) is 0 Å². The smallest absolute Gasteiger partial charge is 0.243 e. The SMILES string of the molecule is N#Cc1ccc(S(=O)(=O)N2CCC(C(=O)NCCSCc3ccccc3)CC2)cc1. The van der Waals surface area contributed by atoms with Gasteiger partial charge in [0.15, 0.2) is 0 Å². The standard InChI is InChI=1S/C22H25N3O3S2/c23-16-18-6-8-21(9-7-18)30(27,28)25-13-10-20(11-14-25)22(26)24-12-15-29-17-19-4-2-1-3-5-19/h1-9,20H,10-15,17H2,(H,24,26). The fourth-order valence-corrected chi connectivity index (χ4v) is 5.65. The van der Waals surface area contributed by atoms with Crippen molar-refractivity contribution in [2.45, 2.75) is 23.5 Å². The molecule has 0 aliphatic carbocycles. The first-order chi connectivity index (χ1) is 14.5. The molecule has 1 amide bonds. The maximum atomic E-state index is 12.8. The third-order valence-electron chi connectivity index (χ3n) is 5.10. The summed E-state index contributed by atoms with van der Waals surface area (Å²) in [6, 6.07) is 18.1. The van der Waals surface area contributed by atoms with E-state index in [4.69, 9.17) is 5.26 Å². The van der Waals surface area contributed by atoms with Gasteiger partial charge in [-0.05, 0) is 42.7 Å². The molecule has 1 heterocycles. The summed E-state index contributed by atoms with van der Waals surface area (Å²) in [5.41, 5.74) is 1.69. The molecule has 0 radical (unpaired) electrons. The molecule has 1 N–H and O–H groups in total. The summed E-state index contributed by atoms with van der Waals surface area (Å²) in [7, 11) is -3.60. The van der Waals surface area contributed by atoms with Crippen LogP contribution in [-0.2, 0) is 20.6 Å². The van der Waals surface area contributed by atoms with E-state index in [1.807, 2.05) is 24.3 Å². The first-order valence-corrected chi connectivity index (χ1v) is 12.5. The minimum Gasteiger partial charge on any atom is -0.355 e. The minimum atomic E-state index is -3.60. The van der Waals surface area contributed by atoms with Crippen LogP contribution in [0, 0.1) is 17.2 Å². The predicted octanol–water partition coefficient (Wildman–Crippen LogP) is 3.01. The van der Waals surface area contributed by atoms with Crippen LogP contribution in [0.25, 0.3) is 0 Å². The van der Waals surface area contributed by atoms with E-state index in [0.29, 0.717) is 38.0 Å². The van der Waals surface area contributed by atoms with Crippen LogP contribution in [-0.4, -0.2) is 44.0 Å². The van der Waals surface area contributed by atoms with Crippen molar-refractivity contribution in [1.29, 1.82) is 5.26 Å². The molecular formula is C22H25N3O3S2. The van der Waals surface area contributed by atoms with Gasteiger partial charge >= 0.3 is 0 Å². The number of carbonyl (C=O) groups excluding carboxylic acids is 1. The number of nitrogens with zero attached hydrogens (tertiary/aromatic N) is 2. The van der Waals surface area contributed by atoms with Crippen LogP contribution in [0.5, 0.6) is 0 Å².